The number of benzene rings is 1. The largest absolute Gasteiger partial charge is 0.312 e. The van der Waals surface area contributed by atoms with Crippen molar-refractivity contribution in [1.29, 1.82) is 0 Å². The molecule has 2 aliphatic rings. The Labute approximate surface area is 104 Å². The summed E-state index contributed by atoms with van der Waals surface area (Å²) in [5, 5.41) is 3.50. The second-order valence-corrected chi connectivity index (χ2v) is 5.55. The molecule has 0 bridgehead atoms. The first kappa shape index (κ1) is 11.2. The third-order valence-corrected chi connectivity index (χ3v) is 4.02. The van der Waals surface area contributed by atoms with E-state index in [0.29, 0.717) is 6.04 Å². The number of aryl methyl sites for hydroxylation is 2. The van der Waals surface area contributed by atoms with Crippen LogP contribution in [0.2, 0.25) is 0 Å². The maximum Gasteiger partial charge on any atom is 0.0235 e. The molecule has 0 radical (unpaired) electrons. The minimum absolute atomic E-state index is 0.637. The van der Waals surface area contributed by atoms with Gasteiger partial charge in [0.1, 0.15) is 0 Å². The summed E-state index contributed by atoms with van der Waals surface area (Å²) < 4.78 is 0. The van der Waals surface area contributed by atoms with E-state index in [4.69, 9.17) is 0 Å². The third kappa shape index (κ3) is 2.53. The quantitative estimate of drug-likeness (QED) is 0.835. The van der Waals surface area contributed by atoms with Crippen LogP contribution in [0.15, 0.2) is 18.2 Å². The monoisotopic (exact) mass is 230 g/mol. The fourth-order valence-corrected chi connectivity index (χ4v) is 3.14. The van der Waals surface area contributed by atoms with Crippen LogP contribution in [0, 0.1) is 0 Å². The van der Waals surface area contributed by atoms with Crippen molar-refractivity contribution in [3.63, 3.8) is 0 Å². The molecule has 1 aliphatic carbocycles. The smallest absolute Gasteiger partial charge is 0.0235 e. The van der Waals surface area contributed by atoms with E-state index in [1.807, 2.05) is 0 Å². The molecule has 3 rings (SSSR count). The van der Waals surface area contributed by atoms with Gasteiger partial charge in [-0.3, -0.25) is 4.90 Å². The minimum atomic E-state index is 0.637. The molecule has 0 amide bonds. The van der Waals surface area contributed by atoms with Crippen LogP contribution in [0.25, 0.3) is 0 Å². The van der Waals surface area contributed by atoms with Gasteiger partial charge in [-0.05, 0) is 42.9 Å². The number of hydrogen-bond acceptors (Lipinski definition) is 2. The minimum Gasteiger partial charge on any atom is -0.312 e. The molecule has 1 N–H and O–H groups in total. The van der Waals surface area contributed by atoms with Gasteiger partial charge in [-0.15, -0.1) is 0 Å². The standard InChI is InChI=1S/C15H22N2/c1-12-10-17(8-7-16-12)11-13-5-6-14-3-2-4-15(14)9-13/h5-6,9,12,16H,2-4,7-8,10-11H2,1H3. The lowest BCUT2D eigenvalue weighted by atomic mass is 10.1. The van der Waals surface area contributed by atoms with Crippen molar-refractivity contribution < 1.29 is 0 Å². The number of hydrogen-bond donors (Lipinski definition) is 1. The van der Waals surface area contributed by atoms with E-state index < -0.39 is 0 Å². The molecule has 1 atom stereocenters. The third-order valence-electron chi connectivity index (χ3n) is 4.02. The highest BCUT2D eigenvalue weighted by Gasteiger charge is 2.16. The predicted octanol–water partition coefficient (Wildman–Crippen LogP) is 1.97. The van der Waals surface area contributed by atoms with Gasteiger partial charge in [0.25, 0.3) is 0 Å². The number of nitrogens with one attached hydrogen (secondary N) is 1. The summed E-state index contributed by atoms with van der Waals surface area (Å²) in [6.45, 7) is 6.89. The summed E-state index contributed by atoms with van der Waals surface area (Å²) >= 11 is 0. The first-order chi connectivity index (χ1) is 8.31. The van der Waals surface area contributed by atoms with Crippen molar-refractivity contribution in [2.24, 2.45) is 0 Å². The van der Waals surface area contributed by atoms with Gasteiger partial charge in [0.2, 0.25) is 0 Å². The van der Waals surface area contributed by atoms with Gasteiger partial charge in [-0.1, -0.05) is 18.2 Å². The molecule has 1 aliphatic heterocycles. The zero-order valence-electron chi connectivity index (χ0n) is 10.7. The Morgan fingerprint density at radius 2 is 2.18 bits per heavy atom. The highest BCUT2D eigenvalue weighted by Crippen LogP contribution is 2.23. The molecule has 1 aromatic carbocycles. The van der Waals surface area contributed by atoms with Crippen LogP contribution >= 0.6 is 0 Å². The predicted molar refractivity (Wildman–Crippen MR) is 71.2 cm³/mol. The summed E-state index contributed by atoms with van der Waals surface area (Å²) in [5.74, 6) is 0. The van der Waals surface area contributed by atoms with E-state index >= 15 is 0 Å². The van der Waals surface area contributed by atoms with Crippen LogP contribution in [0.4, 0.5) is 0 Å². The van der Waals surface area contributed by atoms with E-state index in [2.05, 4.69) is 35.3 Å². The molecule has 1 fully saturated rings. The van der Waals surface area contributed by atoms with E-state index in [1.165, 1.54) is 37.9 Å². The SMILES string of the molecule is CC1CN(Cc2ccc3c(c2)CCC3)CCN1. The Morgan fingerprint density at radius 1 is 1.29 bits per heavy atom. The van der Waals surface area contributed by atoms with Crippen LogP contribution in [0.5, 0.6) is 0 Å². The second kappa shape index (κ2) is 4.79. The summed E-state index contributed by atoms with van der Waals surface area (Å²) in [6, 6.07) is 7.76. The van der Waals surface area contributed by atoms with Gasteiger partial charge >= 0.3 is 0 Å². The lowest BCUT2D eigenvalue weighted by Crippen LogP contribution is -2.48. The molecule has 92 valence electrons. The molecule has 17 heavy (non-hydrogen) atoms. The van der Waals surface area contributed by atoms with E-state index in [9.17, 15) is 0 Å². The number of nitrogens with zero attached hydrogens (tertiary/aromatic N) is 1. The Morgan fingerprint density at radius 3 is 3.06 bits per heavy atom. The zero-order chi connectivity index (χ0) is 11.7. The Kier molecular flexibility index (Phi) is 3.17. The van der Waals surface area contributed by atoms with Crippen molar-refractivity contribution in [3.8, 4) is 0 Å². The molecule has 1 heterocycles. The molecule has 1 unspecified atom stereocenters. The van der Waals surface area contributed by atoms with Crippen molar-refractivity contribution in [3.05, 3.63) is 34.9 Å². The second-order valence-electron chi connectivity index (χ2n) is 5.55. The Hall–Kier alpha value is -0.860. The number of piperazine rings is 1. The lowest BCUT2D eigenvalue weighted by Gasteiger charge is -2.31. The van der Waals surface area contributed by atoms with E-state index in [-0.39, 0.29) is 0 Å². The summed E-state index contributed by atoms with van der Waals surface area (Å²) in [4.78, 5) is 2.57. The Balaban J connectivity index is 1.68. The fourth-order valence-electron chi connectivity index (χ4n) is 3.14. The van der Waals surface area contributed by atoms with Gasteiger partial charge in [-0.2, -0.15) is 0 Å². The van der Waals surface area contributed by atoms with Crippen molar-refractivity contribution in [2.45, 2.75) is 38.8 Å². The van der Waals surface area contributed by atoms with Gasteiger partial charge in [-0.25, -0.2) is 0 Å². The normalized spacial score (nSPS) is 24.9. The van der Waals surface area contributed by atoms with Crippen molar-refractivity contribution in [2.75, 3.05) is 19.6 Å². The van der Waals surface area contributed by atoms with Crippen LogP contribution in [0.3, 0.4) is 0 Å². The molecule has 2 heteroatoms. The van der Waals surface area contributed by atoms with Crippen molar-refractivity contribution >= 4 is 0 Å². The first-order valence-electron chi connectivity index (χ1n) is 6.88. The first-order valence-corrected chi connectivity index (χ1v) is 6.88. The van der Waals surface area contributed by atoms with Crippen molar-refractivity contribution in [1.82, 2.24) is 10.2 Å². The van der Waals surface area contributed by atoms with Gasteiger partial charge in [0.05, 0.1) is 0 Å². The summed E-state index contributed by atoms with van der Waals surface area (Å²) in [7, 11) is 0. The average Bonchev–Trinajstić information content (AvgIpc) is 2.76. The molecule has 2 nitrogen and oxygen atoms in total. The van der Waals surface area contributed by atoms with Gasteiger partial charge in [0, 0.05) is 32.2 Å². The molecule has 0 spiro atoms. The maximum absolute atomic E-state index is 3.50. The van der Waals surface area contributed by atoms with Crippen LogP contribution < -0.4 is 5.32 Å². The highest BCUT2D eigenvalue weighted by atomic mass is 15.2. The summed E-state index contributed by atoms with van der Waals surface area (Å²) in [6.07, 6.45) is 3.94. The zero-order valence-corrected chi connectivity index (χ0v) is 10.7. The van der Waals surface area contributed by atoms with E-state index in [1.54, 1.807) is 11.1 Å². The van der Waals surface area contributed by atoms with Crippen LogP contribution in [0.1, 0.15) is 30.0 Å². The Bertz CT molecular complexity index is 400. The van der Waals surface area contributed by atoms with Gasteiger partial charge < -0.3 is 5.32 Å². The molecular formula is C15H22N2. The average molecular weight is 230 g/mol. The number of fused-ring (bicyclic) bond motifs is 1. The van der Waals surface area contributed by atoms with Crippen LogP contribution in [-0.4, -0.2) is 30.6 Å². The molecule has 0 aromatic heterocycles. The van der Waals surface area contributed by atoms with Crippen LogP contribution in [-0.2, 0) is 19.4 Å². The molecule has 1 saturated heterocycles. The van der Waals surface area contributed by atoms with E-state index in [0.717, 1.165) is 13.1 Å². The molecule has 0 saturated carbocycles. The van der Waals surface area contributed by atoms with Gasteiger partial charge in [0.15, 0.2) is 0 Å². The lowest BCUT2D eigenvalue weighted by molar-refractivity contribution is 0.199. The maximum atomic E-state index is 3.50. The number of rotatable bonds is 2. The summed E-state index contributed by atoms with van der Waals surface area (Å²) in [5.41, 5.74) is 4.69. The topological polar surface area (TPSA) is 15.3 Å². The highest BCUT2D eigenvalue weighted by molar-refractivity contribution is 5.35. The molecular weight excluding hydrogens is 208 g/mol. The molecule has 1 aromatic rings. The fraction of sp³-hybridized carbons (Fsp3) is 0.600.